The van der Waals surface area contributed by atoms with Crippen LogP contribution >= 0.6 is 0 Å². The second kappa shape index (κ2) is 4.19. The molecule has 0 spiro atoms. The zero-order chi connectivity index (χ0) is 10.0. The fourth-order valence-corrected chi connectivity index (χ4v) is 1.50. The van der Waals surface area contributed by atoms with E-state index in [2.05, 4.69) is 6.58 Å². The van der Waals surface area contributed by atoms with Gasteiger partial charge in [-0.1, -0.05) is 13.5 Å². The molecule has 1 aliphatic heterocycles. The topological polar surface area (TPSA) is 69.9 Å². The lowest BCUT2D eigenvalue weighted by Gasteiger charge is -2.37. The van der Waals surface area contributed by atoms with Gasteiger partial charge < -0.3 is 20.1 Å². The highest BCUT2D eigenvalue weighted by atomic mass is 16.5. The molecule has 1 fully saturated rings. The maximum Gasteiger partial charge on any atom is 0.112 e. The molecule has 0 saturated carbocycles. The van der Waals surface area contributed by atoms with Gasteiger partial charge >= 0.3 is 0 Å². The van der Waals surface area contributed by atoms with Crippen molar-refractivity contribution >= 4 is 0 Å². The highest BCUT2D eigenvalue weighted by Gasteiger charge is 2.38. The lowest BCUT2D eigenvalue weighted by atomic mass is 9.92. The number of hydrogen-bond acceptors (Lipinski definition) is 4. The van der Waals surface area contributed by atoms with Gasteiger partial charge in [0, 0.05) is 0 Å². The SMILES string of the molecule is C=C1C(CC)OC(CO)C(O)C1O. The van der Waals surface area contributed by atoms with Crippen LogP contribution in [-0.2, 0) is 4.74 Å². The van der Waals surface area contributed by atoms with E-state index in [4.69, 9.17) is 9.84 Å². The Labute approximate surface area is 77.5 Å². The van der Waals surface area contributed by atoms with Crippen molar-refractivity contribution in [2.24, 2.45) is 0 Å². The number of rotatable bonds is 2. The summed E-state index contributed by atoms with van der Waals surface area (Å²) in [6.45, 7) is 5.26. The summed E-state index contributed by atoms with van der Waals surface area (Å²) in [6.07, 6.45) is -2.35. The quantitative estimate of drug-likeness (QED) is 0.508. The third-order valence-electron chi connectivity index (χ3n) is 2.39. The molecule has 3 N–H and O–H groups in total. The molecule has 1 heterocycles. The molecular weight excluding hydrogens is 172 g/mol. The molecule has 0 radical (unpaired) electrons. The van der Waals surface area contributed by atoms with Crippen molar-refractivity contribution in [3.63, 3.8) is 0 Å². The van der Waals surface area contributed by atoms with Gasteiger partial charge in [0.25, 0.3) is 0 Å². The van der Waals surface area contributed by atoms with Crippen LogP contribution in [0.2, 0.25) is 0 Å². The van der Waals surface area contributed by atoms with Crippen LogP contribution in [0.5, 0.6) is 0 Å². The van der Waals surface area contributed by atoms with E-state index in [-0.39, 0.29) is 12.7 Å². The Morgan fingerprint density at radius 2 is 2.08 bits per heavy atom. The van der Waals surface area contributed by atoms with E-state index in [1.54, 1.807) is 0 Å². The van der Waals surface area contributed by atoms with Gasteiger partial charge in [0.05, 0.1) is 12.7 Å². The fraction of sp³-hybridized carbons (Fsp3) is 0.778. The van der Waals surface area contributed by atoms with Gasteiger partial charge in [-0.05, 0) is 12.0 Å². The minimum atomic E-state index is -1.07. The molecule has 0 aromatic heterocycles. The van der Waals surface area contributed by atoms with E-state index < -0.39 is 18.3 Å². The lowest BCUT2D eigenvalue weighted by molar-refractivity contribution is -0.150. The number of hydrogen-bond donors (Lipinski definition) is 3. The second-order valence-electron chi connectivity index (χ2n) is 3.26. The Bertz CT molecular complexity index is 188. The van der Waals surface area contributed by atoms with Crippen molar-refractivity contribution in [1.82, 2.24) is 0 Å². The summed E-state index contributed by atoms with van der Waals surface area (Å²) in [5, 5.41) is 27.8. The molecule has 1 saturated heterocycles. The molecule has 0 aliphatic carbocycles. The highest BCUT2D eigenvalue weighted by Crippen LogP contribution is 2.25. The van der Waals surface area contributed by atoms with Crippen LogP contribution in [0.3, 0.4) is 0 Å². The van der Waals surface area contributed by atoms with Gasteiger partial charge in [-0.15, -0.1) is 0 Å². The molecule has 0 amide bonds. The first-order chi connectivity index (χ1) is 6.11. The summed E-state index contributed by atoms with van der Waals surface area (Å²) < 4.78 is 5.32. The zero-order valence-corrected chi connectivity index (χ0v) is 7.68. The predicted octanol–water partition coefficient (Wildman–Crippen LogP) is -0.566. The smallest absolute Gasteiger partial charge is 0.112 e. The van der Waals surface area contributed by atoms with Gasteiger partial charge in [0.15, 0.2) is 0 Å². The van der Waals surface area contributed by atoms with Crippen LogP contribution in [0, 0.1) is 0 Å². The van der Waals surface area contributed by atoms with Crippen molar-refractivity contribution < 1.29 is 20.1 Å². The Hall–Kier alpha value is -0.420. The monoisotopic (exact) mass is 188 g/mol. The van der Waals surface area contributed by atoms with E-state index in [0.29, 0.717) is 12.0 Å². The van der Waals surface area contributed by atoms with E-state index >= 15 is 0 Å². The Balaban J connectivity index is 2.72. The van der Waals surface area contributed by atoms with E-state index in [1.165, 1.54) is 0 Å². The van der Waals surface area contributed by atoms with Crippen LogP contribution in [0.4, 0.5) is 0 Å². The summed E-state index contributed by atoms with van der Waals surface area (Å²) in [5.41, 5.74) is 0.486. The van der Waals surface area contributed by atoms with Crippen LogP contribution < -0.4 is 0 Å². The van der Waals surface area contributed by atoms with Gasteiger partial charge in [0.2, 0.25) is 0 Å². The Morgan fingerprint density at radius 3 is 2.54 bits per heavy atom. The van der Waals surface area contributed by atoms with Gasteiger partial charge in [0.1, 0.15) is 18.3 Å². The molecule has 0 aromatic rings. The summed E-state index contributed by atoms with van der Waals surface area (Å²) in [6, 6.07) is 0. The molecule has 4 unspecified atom stereocenters. The highest BCUT2D eigenvalue weighted by molar-refractivity contribution is 5.15. The van der Waals surface area contributed by atoms with E-state index in [9.17, 15) is 10.2 Å². The van der Waals surface area contributed by atoms with Gasteiger partial charge in [-0.2, -0.15) is 0 Å². The Kier molecular flexibility index (Phi) is 3.44. The van der Waals surface area contributed by atoms with Gasteiger partial charge in [-0.25, -0.2) is 0 Å². The molecule has 1 rings (SSSR count). The van der Waals surface area contributed by atoms with Crippen LogP contribution in [-0.4, -0.2) is 46.3 Å². The largest absolute Gasteiger partial charge is 0.394 e. The third kappa shape index (κ3) is 1.91. The average molecular weight is 188 g/mol. The Morgan fingerprint density at radius 1 is 1.46 bits per heavy atom. The van der Waals surface area contributed by atoms with E-state index in [1.807, 2.05) is 6.92 Å². The summed E-state index contributed by atoms with van der Waals surface area (Å²) in [7, 11) is 0. The first kappa shape index (κ1) is 10.7. The van der Waals surface area contributed by atoms with Crippen LogP contribution in [0.15, 0.2) is 12.2 Å². The molecule has 4 atom stereocenters. The molecule has 1 aliphatic rings. The molecule has 0 aromatic carbocycles. The second-order valence-corrected chi connectivity index (χ2v) is 3.26. The first-order valence-corrected chi connectivity index (χ1v) is 4.43. The maximum atomic E-state index is 9.51. The first-order valence-electron chi connectivity index (χ1n) is 4.43. The third-order valence-corrected chi connectivity index (χ3v) is 2.39. The number of aliphatic hydroxyl groups is 3. The van der Waals surface area contributed by atoms with Crippen molar-refractivity contribution in [3.05, 3.63) is 12.2 Å². The van der Waals surface area contributed by atoms with Gasteiger partial charge in [-0.3, -0.25) is 0 Å². The summed E-state index contributed by atoms with van der Waals surface area (Å²) in [5.74, 6) is 0. The van der Waals surface area contributed by atoms with Crippen molar-refractivity contribution in [3.8, 4) is 0 Å². The maximum absolute atomic E-state index is 9.51. The predicted molar refractivity (Wildman–Crippen MR) is 47.2 cm³/mol. The lowest BCUT2D eigenvalue weighted by Crippen LogP contribution is -2.51. The number of ether oxygens (including phenoxy) is 1. The molecule has 76 valence electrons. The standard InChI is InChI=1S/C9H16O4/c1-3-6-5(2)8(11)9(12)7(4-10)13-6/h6-12H,2-4H2,1H3. The molecular formula is C9H16O4. The zero-order valence-electron chi connectivity index (χ0n) is 7.68. The molecule has 13 heavy (non-hydrogen) atoms. The van der Waals surface area contributed by atoms with Crippen LogP contribution in [0.25, 0.3) is 0 Å². The van der Waals surface area contributed by atoms with Crippen molar-refractivity contribution in [2.45, 2.75) is 37.8 Å². The van der Waals surface area contributed by atoms with E-state index in [0.717, 1.165) is 0 Å². The molecule has 4 heteroatoms. The normalized spacial score (nSPS) is 40.8. The van der Waals surface area contributed by atoms with Crippen molar-refractivity contribution in [2.75, 3.05) is 6.61 Å². The minimum absolute atomic E-state index is 0.268. The molecule has 4 nitrogen and oxygen atoms in total. The van der Waals surface area contributed by atoms with Crippen molar-refractivity contribution in [1.29, 1.82) is 0 Å². The summed E-state index contributed by atoms with van der Waals surface area (Å²) >= 11 is 0. The van der Waals surface area contributed by atoms with Crippen LogP contribution in [0.1, 0.15) is 13.3 Å². The molecule has 0 bridgehead atoms. The summed E-state index contributed by atoms with van der Waals surface area (Å²) in [4.78, 5) is 0. The fourth-order valence-electron chi connectivity index (χ4n) is 1.50. The number of aliphatic hydroxyl groups excluding tert-OH is 3. The minimum Gasteiger partial charge on any atom is -0.394 e. The average Bonchev–Trinajstić information content (AvgIpc) is 2.15.